The van der Waals surface area contributed by atoms with Crippen molar-refractivity contribution in [2.45, 2.75) is 32.1 Å². The van der Waals surface area contributed by atoms with Crippen LogP contribution in [-0.2, 0) is 16.0 Å². The molecule has 1 heterocycles. The van der Waals surface area contributed by atoms with Crippen LogP contribution >= 0.6 is 0 Å². The van der Waals surface area contributed by atoms with Crippen LogP contribution in [0, 0.1) is 0 Å². The third kappa shape index (κ3) is 4.81. The molecule has 2 aromatic carbocycles. The number of benzene rings is 2. The van der Waals surface area contributed by atoms with Gasteiger partial charge in [-0.2, -0.15) is 0 Å². The minimum Gasteiger partial charge on any atom is -0.427 e. The molecule has 0 bridgehead atoms. The number of hydrogen-bond donors (Lipinski definition) is 1. The maximum atomic E-state index is 12.9. The summed E-state index contributed by atoms with van der Waals surface area (Å²) in [6.07, 6.45) is 4.98. The molecular formula is C23H24N2O3. The van der Waals surface area contributed by atoms with Crippen LogP contribution in [0.4, 0.5) is 0 Å². The van der Waals surface area contributed by atoms with Crippen molar-refractivity contribution in [1.29, 1.82) is 0 Å². The van der Waals surface area contributed by atoms with Crippen molar-refractivity contribution in [3.63, 3.8) is 0 Å². The Morgan fingerprint density at radius 1 is 1.07 bits per heavy atom. The molecule has 0 fully saturated rings. The Morgan fingerprint density at radius 3 is 2.57 bits per heavy atom. The van der Waals surface area contributed by atoms with E-state index in [1.807, 2.05) is 31.2 Å². The Labute approximate surface area is 164 Å². The molecule has 0 aliphatic rings. The zero-order valence-electron chi connectivity index (χ0n) is 15.9. The first kappa shape index (κ1) is 19.7. The largest absolute Gasteiger partial charge is 0.427 e. The van der Waals surface area contributed by atoms with Crippen molar-refractivity contribution in [3.8, 4) is 5.75 Å². The van der Waals surface area contributed by atoms with Gasteiger partial charge in [0.15, 0.2) is 0 Å². The molecule has 5 nitrogen and oxygen atoms in total. The molecule has 2 N–H and O–H groups in total. The lowest BCUT2D eigenvalue weighted by Gasteiger charge is -2.15. The monoisotopic (exact) mass is 376 g/mol. The highest BCUT2D eigenvalue weighted by Crippen LogP contribution is 2.23. The van der Waals surface area contributed by atoms with Crippen LogP contribution in [0.1, 0.15) is 36.8 Å². The van der Waals surface area contributed by atoms with Crippen LogP contribution in [0.15, 0.2) is 60.9 Å². The second kappa shape index (κ2) is 9.24. The highest BCUT2D eigenvalue weighted by molar-refractivity contribution is 5.89. The van der Waals surface area contributed by atoms with Crippen molar-refractivity contribution >= 4 is 22.5 Å². The summed E-state index contributed by atoms with van der Waals surface area (Å²) in [6.45, 7) is 2.15. The van der Waals surface area contributed by atoms with E-state index >= 15 is 0 Å². The number of ether oxygens (including phenoxy) is 1. The van der Waals surface area contributed by atoms with E-state index in [-0.39, 0.29) is 18.3 Å². The highest BCUT2D eigenvalue weighted by Gasteiger charge is 2.19. The first-order valence-electron chi connectivity index (χ1n) is 9.46. The van der Waals surface area contributed by atoms with Gasteiger partial charge in [-0.3, -0.25) is 14.6 Å². The molecule has 28 heavy (non-hydrogen) atoms. The van der Waals surface area contributed by atoms with Crippen molar-refractivity contribution in [2.75, 3.05) is 6.54 Å². The topological polar surface area (TPSA) is 82.3 Å². The summed E-state index contributed by atoms with van der Waals surface area (Å²) in [7, 11) is 0. The van der Waals surface area contributed by atoms with Crippen LogP contribution in [0.2, 0.25) is 0 Å². The first-order valence-corrected chi connectivity index (χ1v) is 9.46. The lowest BCUT2D eigenvalue weighted by molar-refractivity contribution is -0.134. The van der Waals surface area contributed by atoms with E-state index in [1.54, 1.807) is 36.7 Å². The summed E-state index contributed by atoms with van der Waals surface area (Å²) in [5.74, 6) is -0.109. The molecule has 0 spiro atoms. The number of pyridine rings is 1. The summed E-state index contributed by atoms with van der Waals surface area (Å²) in [5, 5.41) is 2.10. The molecule has 0 aliphatic carbocycles. The van der Waals surface area contributed by atoms with E-state index in [1.165, 1.54) is 0 Å². The van der Waals surface area contributed by atoms with Gasteiger partial charge in [-0.15, -0.1) is 0 Å². The molecular weight excluding hydrogens is 352 g/mol. The van der Waals surface area contributed by atoms with Gasteiger partial charge in [0, 0.05) is 37.2 Å². The fourth-order valence-electron chi connectivity index (χ4n) is 3.18. The number of fused-ring (bicyclic) bond motifs is 1. The zero-order chi connectivity index (χ0) is 19.9. The van der Waals surface area contributed by atoms with Gasteiger partial charge < -0.3 is 10.5 Å². The molecule has 144 valence electrons. The first-order chi connectivity index (χ1) is 13.6. The number of carbonyl (C=O) groups excluding carboxylic acids is 2. The third-order valence-corrected chi connectivity index (χ3v) is 4.68. The number of Topliss-reactive ketones (excluding diaryl/α,β-unsaturated/α-hetero) is 1. The van der Waals surface area contributed by atoms with Gasteiger partial charge in [-0.1, -0.05) is 37.3 Å². The van der Waals surface area contributed by atoms with Gasteiger partial charge in [-0.05, 0) is 41.1 Å². The number of esters is 1. The molecule has 0 saturated carbocycles. The van der Waals surface area contributed by atoms with Gasteiger partial charge in [0.25, 0.3) is 0 Å². The number of ketones is 1. The van der Waals surface area contributed by atoms with Crippen LogP contribution in [0.5, 0.6) is 5.75 Å². The van der Waals surface area contributed by atoms with E-state index in [2.05, 4.69) is 4.98 Å². The van der Waals surface area contributed by atoms with Crippen LogP contribution in [0.25, 0.3) is 10.8 Å². The van der Waals surface area contributed by atoms with Gasteiger partial charge in [0.2, 0.25) is 0 Å². The zero-order valence-corrected chi connectivity index (χ0v) is 15.9. The predicted molar refractivity (Wildman–Crippen MR) is 109 cm³/mol. The number of hydrogen-bond acceptors (Lipinski definition) is 5. The van der Waals surface area contributed by atoms with Gasteiger partial charge >= 0.3 is 5.97 Å². The molecule has 1 unspecified atom stereocenters. The van der Waals surface area contributed by atoms with Gasteiger partial charge in [0.05, 0.1) is 5.92 Å². The fraction of sp³-hybridized carbons (Fsp3) is 0.261. The van der Waals surface area contributed by atoms with E-state index in [9.17, 15) is 9.59 Å². The van der Waals surface area contributed by atoms with Gasteiger partial charge in [-0.25, -0.2) is 0 Å². The summed E-state index contributed by atoms with van der Waals surface area (Å²) in [5.41, 5.74) is 7.67. The number of rotatable bonds is 8. The van der Waals surface area contributed by atoms with E-state index in [4.69, 9.17) is 10.5 Å². The van der Waals surface area contributed by atoms with Crippen LogP contribution in [-0.4, -0.2) is 23.3 Å². The summed E-state index contributed by atoms with van der Waals surface area (Å²) < 4.78 is 5.26. The second-order valence-corrected chi connectivity index (χ2v) is 6.78. The lowest BCUT2D eigenvalue weighted by Crippen LogP contribution is -2.23. The standard InChI is InChI=1S/C23H24N2O3/c1-2-3-23(27)28-20-8-6-17(7-9-20)21(14-24)22(26)13-16-4-5-19-15-25-11-10-18(19)12-16/h4-12,15,21H,2-3,13-14,24H2,1H3. The minimum atomic E-state index is -0.395. The second-order valence-electron chi connectivity index (χ2n) is 6.78. The Morgan fingerprint density at radius 2 is 1.86 bits per heavy atom. The molecule has 0 amide bonds. The number of aromatic nitrogens is 1. The Hall–Kier alpha value is -3.05. The van der Waals surface area contributed by atoms with Crippen molar-refractivity contribution < 1.29 is 14.3 Å². The lowest BCUT2D eigenvalue weighted by atomic mass is 9.90. The van der Waals surface area contributed by atoms with Crippen molar-refractivity contribution in [1.82, 2.24) is 4.98 Å². The molecule has 1 atom stereocenters. The van der Waals surface area contributed by atoms with Crippen LogP contribution < -0.4 is 10.5 Å². The molecule has 0 aliphatic heterocycles. The average molecular weight is 376 g/mol. The minimum absolute atomic E-state index is 0.0617. The maximum absolute atomic E-state index is 12.9. The fourth-order valence-corrected chi connectivity index (χ4v) is 3.18. The Balaban J connectivity index is 1.70. The van der Waals surface area contributed by atoms with Crippen molar-refractivity contribution in [2.24, 2.45) is 5.73 Å². The smallest absolute Gasteiger partial charge is 0.311 e. The molecule has 3 aromatic rings. The molecule has 1 aromatic heterocycles. The third-order valence-electron chi connectivity index (χ3n) is 4.68. The molecule has 0 saturated heterocycles. The number of carbonyl (C=O) groups is 2. The van der Waals surface area contributed by atoms with Gasteiger partial charge in [0.1, 0.15) is 11.5 Å². The summed E-state index contributed by atoms with van der Waals surface area (Å²) >= 11 is 0. The number of nitrogens with zero attached hydrogens (tertiary/aromatic N) is 1. The highest BCUT2D eigenvalue weighted by atomic mass is 16.5. The quantitative estimate of drug-likeness (QED) is 0.478. The van der Waals surface area contributed by atoms with Crippen molar-refractivity contribution in [3.05, 3.63) is 72.1 Å². The summed E-state index contributed by atoms with van der Waals surface area (Å²) in [4.78, 5) is 28.5. The molecule has 5 heteroatoms. The van der Waals surface area contributed by atoms with E-state index in [0.717, 1.165) is 28.3 Å². The number of nitrogens with two attached hydrogens (primary N) is 1. The molecule has 3 rings (SSSR count). The predicted octanol–water partition coefficient (Wildman–Crippen LogP) is 3.79. The Kier molecular flexibility index (Phi) is 6.50. The molecule has 0 radical (unpaired) electrons. The van der Waals surface area contributed by atoms with Crippen LogP contribution in [0.3, 0.4) is 0 Å². The maximum Gasteiger partial charge on any atom is 0.311 e. The Bertz CT molecular complexity index is 967. The SMILES string of the molecule is CCCC(=O)Oc1ccc(C(CN)C(=O)Cc2ccc3cnccc3c2)cc1. The summed E-state index contributed by atoms with van der Waals surface area (Å²) in [6, 6.07) is 14.9. The van der Waals surface area contributed by atoms with E-state index < -0.39 is 5.92 Å². The normalized spacial score (nSPS) is 11.9. The average Bonchev–Trinajstić information content (AvgIpc) is 2.70. The van der Waals surface area contributed by atoms with E-state index in [0.29, 0.717) is 18.6 Å².